The topological polar surface area (TPSA) is 58.5 Å². The van der Waals surface area contributed by atoms with Crippen LogP contribution in [0.1, 0.15) is 43.0 Å². The van der Waals surface area contributed by atoms with Gasteiger partial charge >= 0.3 is 0 Å². The molecule has 24 heavy (non-hydrogen) atoms. The number of hydrogen-bond acceptors (Lipinski definition) is 6. The van der Waals surface area contributed by atoms with E-state index in [0.29, 0.717) is 5.92 Å². The lowest BCUT2D eigenvalue weighted by molar-refractivity contribution is 0.0838. The maximum absolute atomic E-state index is 10.3. The van der Waals surface area contributed by atoms with Crippen LogP contribution in [-0.2, 0) is 10.3 Å². The minimum atomic E-state index is -0.367. The zero-order valence-corrected chi connectivity index (χ0v) is 14.5. The Balaban J connectivity index is 1.64. The molecule has 0 spiro atoms. The third-order valence-electron chi connectivity index (χ3n) is 5.31. The first-order valence-electron chi connectivity index (χ1n) is 8.69. The summed E-state index contributed by atoms with van der Waals surface area (Å²) in [5.41, 5.74) is 0.793. The van der Waals surface area contributed by atoms with Crippen molar-refractivity contribution in [3.05, 3.63) is 41.7 Å². The van der Waals surface area contributed by atoms with Crippen LogP contribution in [0, 0.1) is 0 Å². The van der Waals surface area contributed by atoms with Crippen molar-refractivity contribution in [3.63, 3.8) is 0 Å². The van der Waals surface area contributed by atoms with Crippen molar-refractivity contribution in [3.8, 4) is 0 Å². The molecule has 2 aliphatic heterocycles. The number of aliphatic hydroxyl groups excluding tert-OH is 1. The van der Waals surface area contributed by atoms with Crippen LogP contribution in [0.25, 0.3) is 0 Å². The quantitative estimate of drug-likeness (QED) is 0.923. The van der Waals surface area contributed by atoms with E-state index >= 15 is 0 Å². The number of ether oxygens (including phenoxy) is 1. The highest BCUT2D eigenvalue weighted by molar-refractivity contribution is 7.09. The highest BCUT2D eigenvalue weighted by Crippen LogP contribution is 2.42. The number of hydrogen-bond donors (Lipinski definition) is 1. The number of nitrogens with zero attached hydrogens (tertiary/aromatic N) is 3. The molecule has 5 nitrogen and oxygen atoms in total. The maximum atomic E-state index is 10.3. The monoisotopic (exact) mass is 345 g/mol. The van der Waals surface area contributed by atoms with Gasteiger partial charge in [-0.25, -0.2) is 4.98 Å². The average molecular weight is 345 g/mol. The zero-order chi connectivity index (χ0) is 16.4. The molecule has 2 aromatic rings. The van der Waals surface area contributed by atoms with Crippen LogP contribution < -0.4 is 4.90 Å². The van der Waals surface area contributed by atoms with Crippen molar-refractivity contribution in [2.24, 2.45) is 0 Å². The first-order chi connectivity index (χ1) is 11.8. The summed E-state index contributed by atoms with van der Waals surface area (Å²) in [6, 6.07) is 10.3. The number of aliphatic hydroxyl groups is 1. The van der Waals surface area contributed by atoms with Crippen molar-refractivity contribution in [1.29, 1.82) is 0 Å². The van der Waals surface area contributed by atoms with E-state index in [2.05, 4.69) is 21.4 Å². The fourth-order valence-corrected chi connectivity index (χ4v) is 4.78. The molecule has 2 saturated heterocycles. The fraction of sp³-hybridized carbons (Fsp3) is 0.556. The van der Waals surface area contributed by atoms with E-state index in [1.807, 2.05) is 18.2 Å². The third kappa shape index (κ3) is 2.72. The summed E-state index contributed by atoms with van der Waals surface area (Å²) in [6.45, 7) is 2.61. The summed E-state index contributed by atoms with van der Waals surface area (Å²) in [5.74, 6) is 1.36. The summed E-state index contributed by atoms with van der Waals surface area (Å²) in [5, 5.41) is 11.2. The molecular formula is C18H23N3O2S. The normalized spacial score (nSPS) is 25.3. The number of rotatable bonds is 4. The molecule has 0 bridgehead atoms. The highest BCUT2D eigenvalue weighted by atomic mass is 32.1. The Morgan fingerprint density at radius 1 is 1.25 bits per heavy atom. The average Bonchev–Trinajstić information content (AvgIpc) is 3.30. The van der Waals surface area contributed by atoms with Crippen molar-refractivity contribution in [1.82, 2.24) is 9.36 Å². The Bertz CT molecular complexity index is 672. The first-order valence-corrected chi connectivity index (χ1v) is 9.46. The third-order valence-corrected chi connectivity index (χ3v) is 6.06. The molecule has 2 fully saturated rings. The van der Waals surface area contributed by atoms with E-state index in [9.17, 15) is 5.11 Å². The second-order valence-electron chi connectivity index (χ2n) is 6.63. The van der Waals surface area contributed by atoms with E-state index < -0.39 is 0 Å². The fourth-order valence-electron chi connectivity index (χ4n) is 3.92. The standard InChI is InChI=1S/C18H23N3O2S/c22-13-18(15-5-2-1-3-6-15)9-4-10-21(18)17-19-16(20-24-17)14-7-11-23-12-8-14/h1-3,5-6,14,22H,4,7-13H2. The highest BCUT2D eigenvalue weighted by Gasteiger charge is 2.43. The van der Waals surface area contributed by atoms with Gasteiger partial charge in [0.05, 0.1) is 12.1 Å². The molecule has 1 atom stereocenters. The summed E-state index contributed by atoms with van der Waals surface area (Å²) in [4.78, 5) is 7.12. The maximum Gasteiger partial charge on any atom is 0.206 e. The first kappa shape index (κ1) is 16.0. The van der Waals surface area contributed by atoms with Crippen LogP contribution in [-0.4, -0.2) is 40.8 Å². The molecule has 1 aromatic heterocycles. The van der Waals surface area contributed by atoms with Gasteiger partial charge in [0.25, 0.3) is 0 Å². The van der Waals surface area contributed by atoms with Crippen LogP contribution >= 0.6 is 11.5 Å². The molecule has 0 amide bonds. The van der Waals surface area contributed by atoms with Crippen LogP contribution in [0.5, 0.6) is 0 Å². The van der Waals surface area contributed by atoms with Crippen molar-refractivity contribution in [2.75, 3.05) is 31.3 Å². The number of anilines is 1. The number of aromatic nitrogens is 2. The Hall–Kier alpha value is -1.50. The second-order valence-corrected chi connectivity index (χ2v) is 7.36. The summed E-state index contributed by atoms with van der Waals surface area (Å²) < 4.78 is 10.1. The van der Waals surface area contributed by atoms with Gasteiger partial charge < -0.3 is 14.7 Å². The molecule has 0 saturated carbocycles. The van der Waals surface area contributed by atoms with E-state index in [-0.39, 0.29) is 12.1 Å². The Kier molecular flexibility index (Phi) is 4.52. The van der Waals surface area contributed by atoms with Gasteiger partial charge in [0.1, 0.15) is 5.82 Å². The van der Waals surface area contributed by atoms with Gasteiger partial charge in [-0.2, -0.15) is 4.37 Å². The van der Waals surface area contributed by atoms with Crippen LogP contribution in [0.2, 0.25) is 0 Å². The SMILES string of the molecule is OCC1(c2ccccc2)CCCN1c1nc(C2CCOCC2)ns1. The molecule has 3 heterocycles. The van der Waals surface area contributed by atoms with E-state index in [1.54, 1.807) is 0 Å². The smallest absolute Gasteiger partial charge is 0.206 e. The van der Waals surface area contributed by atoms with Gasteiger partial charge in [0.15, 0.2) is 0 Å². The van der Waals surface area contributed by atoms with Gasteiger partial charge in [-0.1, -0.05) is 30.3 Å². The summed E-state index contributed by atoms with van der Waals surface area (Å²) in [7, 11) is 0. The molecular weight excluding hydrogens is 322 g/mol. The zero-order valence-electron chi connectivity index (χ0n) is 13.7. The number of benzene rings is 1. The van der Waals surface area contributed by atoms with Crippen molar-refractivity contribution in [2.45, 2.75) is 37.1 Å². The minimum absolute atomic E-state index is 0.100. The summed E-state index contributed by atoms with van der Waals surface area (Å²) >= 11 is 1.47. The van der Waals surface area contributed by atoms with Gasteiger partial charge in [-0.05, 0) is 31.2 Å². The molecule has 1 aromatic carbocycles. The van der Waals surface area contributed by atoms with Crippen molar-refractivity contribution < 1.29 is 9.84 Å². The molecule has 0 radical (unpaired) electrons. The molecule has 128 valence electrons. The second kappa shape index (κ2) is 6.78. The van der Waals surface area contributed by atoms with Gasteiger partial charge in [0, 0.05) is 37.2 Å². The van der Waals surface area contributed by atoms with Crippen LogP contribution in [0.4, 0.5) is 5.13 Å². The predicted molar refractivity (Wildman–Crippen MR) is 94.5 cm³/mol. The molecule has 0 aliphatic carbocycles. The molecule has 2 aliphatic rings. The summed E-state index contributed by atoms with van der Waals surface area (Å²) in [6.07, 6.45) is 4.00. The van der Waals surface area contributed by atoms with Gasteiger partial charge in [-0.15, -0.1) is 0 Å². The van der Waals surface area contributed by atoms with Crippen molar-refractivity contribution >= 4 is 16.7 Å². The molecule has 1 unspecified atom stereocenters. The lowest BCUT2D eigenvalue weighted by Gasteiger charge is -2.37. The lowest BCUT2D eigenvalue weighted by Crippen LogP contribution is -2.44. The van der Waals surface area contributed by atoms with E-state index in [1.165, 1.54) is 11.5 Å². The predicted octanol–water partition coefficient (Wildman–Crippen LogP) is 2.92. The van der Waals surface area contributed by atoms with Crippen LogP contribution in [0.3, 0.4) is 0 Å². The van der Waals surface area contributed by atoms with Gasteiger partial charge in [0.2, 0.25) is 5.13 Å². The van der Waals surface area contributed by atoms with Crippen LogP contribution in [0.15, 0.2) is 30.3 Å². The molecule has 1 N–H and O–H groups in total. The molecule has 6 heteroatoms. The molecule has 4 rings (SSSR count). The van der Waals surface area contributed by atoms with E-state index in [4.69, 9.17) is 9.72 Å². The Labute approximate surface area is 146 Å². The Morgan fingerprint density at radius 3 is 2.79 bits per heavy atom. The van der Waals surface area contributed by atoms with Gasteiger partial charge in [-0.3, -0.25) is 0 Å². The van der Waals surface area contributed by atoms with E-state index in [0.717, 1.165) is 62.0 Å². The largest absolute Gasteiger partial charge is 0.394 e. The Morgan fingerprint density at radius 2 is 2.04 bits per heavy atom. The minimum Gasteiger partial charge on any atom is -0.394 e. The lowest BCUT2D eigenvalue weighted by atomic mass is 9.88.